The molecule has 0 bridgehead atoms. The van der Waals surface area contributed by atoms with Gasteiger partial charge in [-0.3, -0.25) is 4.79 Å². The standard InChI is InChI=1S/C29H4.C21H25NOS.C15H22O2.C6H7NS.B8/c1-3-5-7-9-11-13-15-17-19-21-23-25-27-29-28-26-24-22-20-18-16-14-12-10-8-6-4-2;1-20(2,3)13-11-14(18(23)15(12-13)21(4,5)6)19-22-16-9-7-8-10-17(16)24-19;1-14(2,3)11-7-10(9-16)13(17)12(8-11)15(4,5)6;7-5-3-1-2-4-6(5)8;1-6(2)8(5)7(3)4/h1H,2H3;7-12,23H,1-6H3;7-9,17H,1-6H3;1-4,8H,7H2;. The lowest BCUT2D eigenvalue weighted by Gasteiger charge is -2.27. The van der Waals surface area contributed by atoms with Crippen LogP contribution in [0.25, 0.3) is 20.8 Å². The number of para-hydroxylation sites is 2. The third-order valence-electron chi connectivity index (χ3n) is 10.8. The van der Waals surface area contributed by atoms with Gasteiger partial charge in [-0.25, -0.2) is 4.98 Å². The molecule has 10 radical (unpaired) electrons. The summed E-state index contributed by atoms with van der Waals surface area (Å²) in [5.41, 5.74) is 12.1. The second kappa shape index (κ2) is 38.4. The fourth-order valence-electron chi connectivity index (χ4n) is 6.10. The molecule has 0 aliphatic heterocycles. The molecule has 0 saturated heterocycles. The van der Waals surface area contributed by atoms with Gasteiger partial charge in [-0.1, -0.05) is 125 Å². The number of phenolic OH excluding ortho intramolecular Hbond substituents is 2. The molecular formula is C71H58B8N2O3S2. The van der Waals surface area contributed by atoms with E-state index < -0.39 is 19.2 Å². The van der Waals surface area contributed by atoms with E-state index >= 15 is 0 Å². The topological polar surface area (TPSA) is 96.4 Å². The summed E-state index contributed by atoms with van der Waals surface area (Å²) in [6.07, 6.45) is 3.86. The maximum Gasteiger partial charge on any atom is 0.153 e. The normalized spacial score (nSPS) is 8.94. The highest BCUT2D eigenvalue weighted by atomic mass is 32.1. The average molecular weight is 1140 g/mol. The molecule has 0 aliphatic rings. The number of fused-ring (bicyclic) bond motifs is 1. The Morgan fingerprint density at radius 2 is 0.884 bits per heavy atom. The van der Waals surface area contributed by atoms with E-state index in [1.807, 2.05) is 69.3 Å². The van der Waals surface area contributed by atoms with Crippen molar-refractivity contribution in [1.29, 1.82) is 0 Å². The van der Waals surface area contributed by atoms with Crippen LogP contribution in [0.4, 0.5) is 5.69 Å². The Labute approximate surface area is 531 Å². The molecule has 0 unspecified atom stereocenters. The van der Waals surface area contributed by atoms with E-state index in [0.717, 1.165) is 54.3 Å². The number of terminal acetylenes is 1. The summed E-state index contributed by atoms with van der Waals surface area (Å²) in [7, 11) is 25.8. The Balaban J connectivity index is 0.000000580. The fraction of sp³-hybridized carbons (Fsp3) is 0.239. The summed E-state index contributed by atoms with van der Waals surface area (Å²) >= 11 is 5.70. The molecule has 0 spiro atoms. The van der Waals surface area contributed by atoms with Crippen molar-refractivity contribution in [3.05, 3.63) is 101 Å². The number of nitrogens with zero attached hydrogens (tertiary/aromatic N) is 1. The van der Waals surface area contributed by atoms with E-state index in [9.17, 15) is 15.0 Å². The molecule has 5 nitrogen and oxygen atoms in total. The summed E-state index contributed by atoms with van der Waals surface area (Å²) in [4.78, 5) is 16.6. The Bertz CT molecular complexity index is 4100. The largest absolute Gasteiger partial charge is 0.507 e. The highest BCUT2D eigenvalue weighted by Crippen LogP contribution is 2.44. The number of benzene rings is 4. The van der Waals surface area contributed by atoms with Crippen LogP contribution in [-0.2, 0) is 21.7 Å². The highest BCUT2D eigenvalue weighted by Gasteiger charge is 2.27. The number of rotatable bonds is 4. The predicted molar refractivity (Wildman–Crippen MR) is 375 cm³/mol. The summed E-state index contributed by atoms with van der Waals surface area (Å²) in [6.45, 7) is 27.1. The first-order valence-electron chi connectivity index (χ1n) is 26.2. The second-order valence-electron chi connectivity index (χ2n) is 21.8. The fourth-order valence-corrected chi connectivity index (χ4v) is 7.25. The van der Waals surface area contributed by atoms with Gasteiger partial charge in [-0.2, -0.15) is 0 Å². The number of phenols is 2. The van der Waals surface area contributed by atoms with Crippen LogP contribution >= 0.6 is 24.0 Å². The van der Waals surface area contributed by atoms with Crippen LogP contribution in [0.5, 0.6) is 11.5 Å². The molecular weight excluding hydrogens is 1080 g/mol. The monoisotopic (exact) mass is 1140 g/mol. The quantitative estimate of drug-likeness (QED) is 0.0474. The zero-order valence-corrected chi connectivity index (χ0v) is 52.6. The smallest absolute Gasteiger partial charge is 0.153 e. The SMILES string of the molecule is C#CC#CC#CC#CC#CC#CC#CC#CC#CC#CC#CC#CC#CC#CC.CC(C)(C)c1cc(-c2nc3ccccc3s2)c(O)c(C(C)(C)C)c1.CC(C)(C)c1cc(C=O)c(O)c(C(C)(C)C)c1.Nc1ccccc1S.[B]B([B])B([B])B([B])[B]. The van der Waals surface area contributed by atoms with Crippen LogP contribution in [0.15, 0.2) is 77.7 Å². The number of thiazole rings is 1. The Hall–Kier alpha value is -9.45. The van der Waals surface area contributed by atoms with Crippen LogP contribution in [0.3, 0.4) is 0 Å². The minimum Gasteiger partial charge on any atom is -0.507 e. The van der Waals surface area contributed by atoms with E-state index in [0.29, 0.717) is 11.3 Å². The van der Waals surface area contributed by atoms with Gasteiger partial charge in [0.2, 0.25) is 0 Å². The number of anilines is 1. The molecule has 4 aromatic carbocycles. The number of carbonyl (C=O) groups is 1. The number of aromatic hydroxyl groups is 2. The van der Waals surface area contributed by atoms with Crippen LogP contribution < -0.4 is 5.73 Å². The van der Waals surface area contributed by atoms with Crippen molar-refractivity contribution in [2.75, 3.05) is 5.73 Å². The van der Waals surface area contributed by atoms with Gasteiger partial charge < -0.3 is 15.9 Å². The first kappa shape index (κ1) is 74.6. The average Bonchev–Trinajstić information content (AvgIpc) is 1.85. The number of thiol groups is 1. The number of nitrogens with two attached hydrogens (primary N) is 1. The maximum atomic E-state index is 11.0. The number of aromatic nitrogens is 1. The predicted octanol–water partition coefficient (Wildman–Crippen LogP) is 9.26. The zero-order valence-electron chi connectivity index (χ0n) is 50.9. The molecule has 4 N–H and O–H groups in total. The van der Waals surface area contributed by atoms with Gasteiger partial charge in [0.25, 0.3) is 0 Å². The molecule has 0 aliphatic carbocycles. The van der Waals surface area contributed by atoms with Gasteiger partial charge in [-0.15, -0.1) is 30.4 Å². The van der Waals surface area contributed by atoms with Crippen LogP contribution in [-0.4, -0.2) is 79.3 Å². The minimum atomic E-state index is -0.630. The number of nitrogen functional groups attached to an aromatic ring is 1. The molecule has 0 saturated carbocycles. The lowest BCUT2D eigenvalue weighted by Crippen LogP contribution is -2.52. The van der Waals surface area contributed by atoms with Gasteiger partial charge in [0.05, 0.1) is 21.3 Å². The molecule has 5 aromatic rings. The van der Waals surface area contributed by atoms with Crippen molar-refractivity contribution < 1.29 is 15.0 Å². The molecule has 1 heterocycles. The van der Waals surface area contributed by atoms with E-state index in [2.05, 4.69) is 253 Å². The van der Waals surface area contributed by atoms with Crippen LogP contribution in [0.1, 0.15) is 123 Å². The number of aldehydes is 1. The van der Waals surface area contributed by atoms with Crippen LogP contribution in [0, 0.1) is 166 Å². The van der Waals surface area contributed by atoms with Gasteiger partial charge >= 0.3 is 0 Å². The molecule has 0 amide bonds. The maximum absolute atomic E-state index is 11.0. The molecule has 86 heavy (non-hydrogen) atoms. The van der Waals surface area contributed by atoms with Gasteiger partial charge in [0.1, 0.15) is 16.5 Å². The van der Waals surface area contributed by atoms with Gasteiger partial charge in [-0.05, 0) is 171 Å². The third kappa shape index (κ3) is 29.7. The number of carbonyl (C=O) groups excluding carboxylic acids is 1. The van der Waals surface area contributed by atoms with Gasteiger partial charge in [0.15, 0.2) is 6.29 Å². The number of hydrogen-bond acceptors (Lipinski definition) is 7. The molecule has 15 heteroatoms. The van der Waals surface area contributed by atoms with Crippen molar-refractivity contribution in [3.8, 4) is 188 Å². The lowest BCUT2D eigenvalue weighted by atomic mass is 8.68. The molecule has 1 aromatic heterocycles. The molecule has 406 valence electrons. The van der Waals surface area contributed by atoms with Crippen molar-refractivity contribution in [2.24, 2.45) is 0 Å². The molecule has 5 rings (SSSR count). The van der Waals surface area contributed by atoms with Gasteiger partial charge in [0, 0.05) is 139 Å². The Morgan fingerprint density at radius 1 is 0.523 bits per heavy atom. The zero-order chi connectivity index (χ0) is 64.9. The number of hydrogen-bond donors (Lipinski definition) is 4. The summed E-state index contributed by atoms with van der Waals surface area (Å²) in [6, 6.07) is 23.6. The van der Waals surface area contributed by atoms with E-state index in [1.54, 1.807) is 24.3 Å². The first-order chi connectivity index (χ1) is 40.4. The third-order valence-corrected chi connectivity index (χ3v) is 12.2. The van der Waals surface area contributed by atoms with E-state index in [4.69, 9.17) is 55.8 Å². The lowest BCUT2D eigenvalue weighted by molar-refractivity contribution is 0.112. The van der Waals surface area contributed by atoms with Crippen LogP contribution in [0.2, 0.25) is 0 Å². The Kier molecular flexibility index (Phi) is 33.3. The summed E-state index contributed by atoms with van der Waals surface area (Å²) in [5.74, 6) is 67.4. The molecule has 0 atom stereocenters. The summed E-state index contributed by atoms with van der Waals surface area (Å²) in [5, 5.41) is 21.9. The second-order valence-corrected chi connectivity index (χ2v) is 23.3. The first-order valence-corrected chi connectivity index (χ1v) is 27.4. The van der Waals surface area contributed by atoms with E-state index in [-0.39, 0.29) is 27.4 Å². The Morgan fingerprint density at radius 3 is 1.20 bits per heavy atom. The van der Waals surface area contributed by atoms with Crippen molar-refractivity contribution >= 4 is 104 Å². The van der Waals surface area contributed by atoms with Crippen molar-refractivity contribution in [1.82, 2.24) is 4.98 Å². The van der Waals surface area contributed by atoms with E-state index in [1.165, 1.54) is 5.56 Å². The highest BCUT2D eigenvalue weighted by molar-refractivity contribution is 7.89. The molecule has 0 fully saturated rings. The van der Waals surface area contributed by atoms with Crippen molar-refractivity contribution in [2.45, 2.75) is 117 Å². The summed E-state index contributed by atoms with van der Waals surface area (Å²) < 4.78 is 1.14. The van der Waals surface area contributed by atoms with Crippen molar-refractivity contribution in [3.63, 3.8) is 0 Å². The minimum absolute atomic E-state index is 0.0130.